The first-order valence-corrected chi connectivity index (χ1v) is 12.4. The maximum Gasteiger partial charge on any atom is 0.397 e. The third-order valence-corrected chi connectivity index (χ3v) is 4.69. The second-order valence-corrected chi connectivity index (χ2v) is 8.99. The summed E-state index contributed by atoms with van der Waals surface area (Å²) in [5.74, 6) is 0. The van der Waals surface area contributed by atoms with Gasteiger partial charge in [-0.25, -0.2) is 4.18 Å². The van der Waals surface area contributed by atoms with Crippen molar-refractivity contribution in [2.45, 2.75) is 110 Å². The third-order valence-electron chi connectivity index (χ3n) is 4.23. The first-order valence-electron chi connectivity index (χ1n) is 11.0. The van der Waals surface area contributed by atoms with Gasteiger partial charge < -0.3 is 11.1 Å². The topological polar surface area (TPSA) is 102 Å². The van der Waals surface area contributed by atoms with Gasteiger partial charge in [-0.05, 0) is 27.6 Å². The summed E-state index contributed by atoms with van der Waals surface area (Å²) >= 11 is 0. The Balaban J connectivity index is -0.00000113. The van der Waals surface area contributed by atoms with Crippen LogP contribution in [0.2, 0.25) is 0 Å². The molecule has 0 aromatic carbocycles. The van der Waals surface area contributed by atoms with Gasteiger partial charge in [-0.15, -0.1) is 0 Å². The lowest BCUT2D eigenvalue weighted by atomic mass is 10.0. The molecule has 7 heteroatoms. The predicted molar refractivity (Wildman–Crippen MR) is 122 cm³/mol. The largest absolute Gasteiger partial charge is 0.397 e. The number of hydrogen-bond acceptors (Lipinski definition) is 5. The number of unbranched alkanes of at least 4 members (excludes halogenated alkanes) is 15. The second kappa shape index (κ2) is 24.8. The molecule has 0 aliphatic rings. The van der Waals surface area contributed by atoms with Gasteiger partial charge in [0.05, 0.1) is 6.61 Å². The van der Waals surface area contributed by atoms with E-state index in [-0.39, 0.29) is 12.8 Å². The lowest BCUT2D eigenvalue weighted by Crippen LogP contribution is -2.04. The molecule has 0 amide bonds. The summed E-state index contributed by atoms with van der Waals surface area (Å²) in [4.78, 5) is 2.00. The molecule has 0 aromatic rings. The van der Waals surface area contributed by atoms with Gasteiger partial charge in [-0.2, -0.15) is 8.42 Å². The lowest BCUT2D eigenvalue weighted by molar-refractivity contribution is 0.261. The van der Waals surface area contributed by atoms with Crippen molar-refractivity contribution in [2.24, 2.45) is 0 Å². The maximum atomic E-state index is 10.3. The fourth-order valence-electron chi connectivity index (χ4n) is 2.81. The van der Waals surface area contributed by atoms with Crippen molar-refractivity contribution < 1.29 is 17.2 Å². The quantitative estimate of drug-likeness (QED) is 0.194. The zero-order chi connectivity index (χ0) is 20.8. The van der Waals surface area contributed by atoms with Crippen LogP contribution in [-0.2, 0) is 14.6 Å². The molecular formula is C21H50N2O4S. The molecule has 0 heterocycles. The summed E-state index contributed by atoms with van der Waals surface area (Å²) in [5, 5.41) is 0. The molecule has 28 heavy (non-hydrogen) atoms. The van der Waals surface area contributed by atoms with Crippen LogP contribution >= 0.6 is 0 Å². The number of rotatable bonds is 18. The lowest BCUT2D eigenvalue weighted by Gasteiger charge is -2.03. The molecule has 0 aromatic heterocycles. The molecule has 0 aliphatic heterocycles. The Kier molecular flexibility index (Phi) is 28.8. The van der Waals surface area contributed by atoms with Gasteiger partial charge in [0.2, 0.25) is 0 Å². The molecule has 0 saturated heterocycles. The highest BCUT2D eigenvalue weighted by molar-refractivity contribution is 7.80. The first-order chi connectivity index (χ1) is 12.8. The van der Waals surface area contributed by atoms with Crippen LogP contribution in [0.1, 0.15) is 110 Å². The monoisotopic (exact) mass is 426 g/mol. The van der Waals surface area contributed by atoms with Crippen LogP contribution < -0.4 is 6.15 Å². The molecule has 0 aliphatic carbocycles. The summed E-state index contributed by atoms with van der Waals surface area (Å²) in [7, 11) is 1.76. The summed E-state index contributed by atoms with van der Waals surface area (Å²) in [6.07, 6.45) is 20.5. The van der Waals surface area contributed by atoms with E-state index in [9.17, 15) is 8.42 Å². The Labute approximate surface area is 176 Å². The molecule has 4 N–H and O–H groups in total. The van der Waals surface area contributed by atoms with E-state index in [1.165, 1.54) is 83.5 Å². The van der Waals surface area contributed by atoms with Crippen molar-refractivity contribution in [3.8, 4) is 0 Å². The molecular weight excluding hydrogens is 376 g/mol. The normalized spacial score (nSPS) is 11.1. The van der Waals surface area contributed by atoms with Crippen LogP contribution in [0, 0.1) is 0 Å². The highest BCUT2D eigenvalue weighted by Gasteiger charge is 2.02. The van der Waals surface area contributed by atoms with Gasteiger partial charge >= 0.3 is 10.4 Å². The Morgan fingerprint density at radius 2 is 0.893 bits per heavy atom. The van der Waals surface area contributed by atoms with Gasteiger partial charge in [0, 0.05) is 0 Å². The zero-order valence-corrected chi connectivity index (χ0v) is 20.1. The van der Waals surface area contributed by atoms with Crippen LogP contribution in [0.5, 0.6) is 0 Å². The minimum absolute atomic E-state index is 0. The van der Waals surface area contributed by atoms with Gasteiger partial charge in [0.1, 0.15) is 0 Å². The molecule has 0 fully saturated rings. The van der Waals surface area contributed by atoms with Crippen LogP contribution in [0.15, 0.2) is 0 Å². The molecule has 0 radical (unpaired) electrons. The maximum absolute atomic E-state index is 10.3. The average Bonchev–Trinajstić information content (AvgIpc) is 2.56. The third kappa shape index (κ3) is 40.5. The van der Waals surface area contributed by atoms with Crippen LogP contribution in [-0.4, -0.2) is 45.6 Å². The molecule has 0 unspecified atom stereocenters. The van der Waals surface area contributed by atoms with Crippen molar-refractivity contribution in [1.29, 1.82) is 0 Å². The van der Waals surface area contributed by atoms with Crippen molar-refractivity contribution >= 4 is 10.4 Å². The Morgan fingerprint density at radius 1 is 0.643 bits per heavy atom. The predicted octanol–water partition coefficient (Wildman–Crippen LogP) is 6.41. The molecule has 0 saturated carbocycles. The molecule has 6 nitrogen and oxygen atoms in total. The van der Waals surface area contributed by atoms with E-state index in [0.29, 0.717) is 6.42 Å². The van der Waals surface area contributed by atoms with Crippen LogP contribution in [0.25, 0.3) is 0 Å². The Hall–Kier alpha value is -0.210. The van der Waals surface area contributed by atoms with Gasteiger partial charge in [-0.1, -0.05) is 103 Å². The van der Waals surface area contributed by atoms with Gasteiger partial charge in [0.15, 0.2) is 0 Å². The van der Waals surface area contributed by atoms with E-state index in [1.54, 1.807) is 0 Å². The van der Waals surface area contributed by atoms with E-state index < -0.39 is 10.4 Å². The van der Waals surface area contributed by atoms with E-state index in [2.05, 4.69) is 11.1 Å². The summed E-state index contributed by atoms with van der Waals surface area (Å²) in [5.41, 5.74) is 0. The second-order valence-electron chi connectivity index (χ2n) is 7.89. The van der Waals surface area contributed by atoms with Gasteiger partial charge in [0.25, 0.3) is 0 Å². The molecule has 174 valence electrons. The zero-order valence-electron chi connectivity index (χ0n) is 19.3. The molecule has 0 atom stereocenters. The number of nitrogens with zero attached hydrogens (tertiary/aromatic N) is 1. The Bertz CT molecular complexity index is 374. The molecule has 0 spiro atoms. The fraction of sp³-hybridized carbons (Fsp3) is 1.00. The van der Waals surface area contributed by atoms with Crippen molar-refractivity contribution in [2.75, 3.05) is 27.7 Å². The van der Waals surface area contributed by atoms with E-state index in [1.807, 2.05) is 26.0 Å². The number of hydrogen-bond donors (Lipinski definition) is 2. The molecule has 0 bridgehead atoms. The van der Waals surface area contributed by atoms with Gasteiger partial charge in [-0.3, -0.25) is 4.55 Å². The fourth-order valence-corrected chi connectivity index (χ4v) is 3.14. The van der Waals surface area contributed by atoms with Crippen LogP contribution in [0.3, 0.4) is 0 Å². The van der Waals surface area contributed by atoms with E-state index in [4.69, 9.17) is 4.55 Å². The van der Waals surface area contributed by atoms with Crippen LogP contribution in [0.4, 0.5) is 0 Å². The van der Waals surface area contributed by atoms with E-state index in [0.717, 1.165) is 12.8 Å². The standard InChI is InChI=1S/C18H38O4S.C3H9N.H3N/c1-2-3-4-5-6-7-8-9-10-11-12-13-14-15-16-17-18-22-23(19,20)21;1-4(2)3;/h2-18H2,1H3,(H,19,20,21);1-3H3;1H3. The highest BCUT2D eigenvalue weighted by atomic mass is 32.3. The Morgan fingerprint density at radius 3 is 1.14 bits per heavy atom. The first kappa shape index (κ1) is 32.5. The highest BCUT2D eigenvalue weighted by Crippen LogP contribution is 2.13. The van der Waals surface area contributed by atoms with Crippen molar-refractivity contribution in [1.82, 2.24) is 11.1 Å². The van der Waals surface area contributed by atoms with E-state index >= 15 is 0 Å². The minimum atomic E-state index is -4.24. The summed E-state index contributed by atoms with van der Waals surface area (Å²) < 4.78 is 33.3. The molecule has 0 rings (SSSR count). The smallest absolute Gasteiger partial charge is 0.344 e. The van der Waals surface area contributed by atoms with Crippen molar-refractivity contribution in [3.05, 3.63) is 0 Å². The SMILES string of the molecule is CCCCCCCCCCCCCCCCCCOS(=O)(=O)O.CN(C)C.N. The average molecular weight is 427 g/mol. The minimum Gasteiger partial charge on any atom is -0.344 e. The van der Waals surface area contributed by atoms with Crippen molar-refractivity contribution in [3.63, 3.8) is 0 Å². The summed E-state index contributed by atoms with van der Waals surface area (Å²) in [6.45, 7) is 2.36. The summed E-state index contributed by atoms with van der Waals surface area (Å²) in [6, 6.07) is 0.